The first-order valence-corrected chi connectivity index (χ1v) is 6.25. The first-order chi connectivity index (χ1) is 8.99. The molecule has 0 bridgehead atoms. The van der Waals surface area contributed by atoms with Gasteiger partial charge in [-0.25, -0.2) is 9.18 Å². The number of amides is 1. The molecule has 0 saturated heterocycles. The summed E-state index contributed by atoms with van der Waals surface area (Å²) >= 11 is 3.12. The molecule has 1 amide bonds. The summed E-state index contributed by atoms with van der Waals surface area (Å²) in [7, 11) is 0. The molecule has 19 heavy (non-hydrogen) atoms. The highest BCUT2D eigenvalue weighted by atomic mass is 79.9. The van der Waals surface area contributed by atoms with Crippen molar-refractivity contribution in [3.05, 3.63) is 28.2 Å². The number of halogens is 2. The lowest BCUT2D eigenvalue weighted by molar-refractivity contribution is -0.150. The molecule has 7 heteroatoms. The summed E-state index contributed by atoms with van der Waals surface area (Å²) < 4.78 is 18.9. The quantitative estimate of drug-likeness (QED) is 0.482. The van der Waals surface area contributed by atoms with Crippen LogP contribution in [-0.2, 0) is 14.3 Å². The largest absolute Gasteiger partial charge is 0.462 e. The molecule has 0 radical (unpaired) electrons. The van der Waals surface area contributed by atoms with Crippen molar-refractivity contribution < 1.29 is 23.5 Å². The van der Waals surface area contributed by atoms with Gasteiger partial charge in [0.05, 0.1) is 17.9 Å². The lowest BCUT2D eigenvalue weighted by Gasteiger charge is -2.19. The molecule has 1 unspecified atom stereocenters. The summed E-state index contributed by atoms with van der Waals surface area (Å²) in [5, 5.41) is 0. The zero-order valence-electron chi connectivity index (χ0n) is 9.85. The predicted molar refractivity (Wildman–Crippen MR) is 67.5 cm³/mol. The van der Waals surface area contributed by atoms with E-state index in [0.717, 1.165) is 0 Å². The van der Waals surface area contributed by atoms with Crippen LogP contribution in [0.15, 0.2) is 22.7 Å². The van der Waals surface area contributed by atoms with Crippen molar-refractivity contribution in [1.29, 1.82) is 0 Å². The summed E-state index contributed by atoms with van der Waals surface area (Å²) in [5.74, 6) is -3.13. The van der Waals surface area contributed by atoms with Crippen molar-refractivity contribution in [1.82, 2.24) is 0 Å². The Balaban J connectivity index is 2.44. The van der Waals surface area contributed by atoms with Gasteiger partial charge in [0.1, 0.15) is 0 Å². The summed E-state index contributed by atoms with van der Waals surface area (Å²) in [6.07, 6.45) is -2.33. The van der Waals surface area contributed by atoms with Gasteiger partial charge in [0.15, 0.2) is 0 Å². The Morgan fingerprint density at radius 1 is 1.47 bits per heavy atom. The van der Waals surface area contributed by atoms with Gasteiger partial charge in [-0.1, -0.05) is 6.07 Å². The smallest absolute Gasteiger partial charge is 0.362 e. The SMILES string of the molecule is CCOC(=O)C(F)N1C(=O)C(=O)c2c(Br)cccc21. The van der Waals surface area contributed by atoms with Crippen LogP contribution in [0.25, 0.3) is 0 Å². The van der Waals surface area contributed by atoms with Gasteiger partial charge in [0.2, 0.25) is 0 Å². The second-order valence-corrected chi connectivity index (χ2v) is 4.58. The number of esters is 1. The van der Waals surface area contributed by atoms with E-state index in [-0.39, 0.29) is 17.9 Å². The average Bonchev–Trinajstić information content (AvgIpc) is 2.63. The number of carbonyl (C=O) groups excluding carboxylic acids is 3. The van der Waals surface area contributed by atoms with Crippen LogP contribution in [0, 0.1) is 0 Å². The maximum absolute atomic E-state index is 14.0. The Kier molecular flexibility index (Phi) is 3.66. The van der Waals surface area contributed by atoms with Gasteiger partial charge in [-0.05, 0) is 35.0 Å². The van der Waals surface area contributed by atoms with E-state index >= 15 is 0 Å². The molecule has 0 N–H and O–H groups in total. The number of benzene rings is 1. The number of Topliss-reactive ketones (excluding diaryl/α,β-unsaturated/α-hetero) is 1. The van der Waals surface area contributed by atoms with Crippen molar-refractivity contribution >= 4 is 39.3 Å². The Hall–Kier alpha value is -1.76. The van der Waals surface area contributed by atoms with E-state index in [2.05, 4.69) is 20.7 Å². The van der Waals surface area contributed by atoms with Gasteiger partial charge < -0.3 is 4.74 Å². The fourth-order valence-electron chi connectivity index (χ4n) is 1.81. The number of fused-ring (bicyclic) bond motifs is 1. The lowest BCUT2D eigenvalue weighted by atomic mass is 10.1. The fourth-order valence-corrected chi connectivity index (χ4v) is 2.34. The fraction of sp³-hybridized carbons (Fsp3) is 0.250. The average molecular weight is 330 g/mol. The molecule has 1 aromatic rings. The van der Waals surface area contributed by atoms with E-state index in [1.54, 1.807) is 12.1 Å². The van der Waals surface area contributed by atoms with Gasteiger partial charge in [0, 0.05) is 4.47 Å². The van der Waals surface area contributed by atoms with Crippen molar-refractivity contribution in [2.24, 2.45) is 0 Å². The number of ketones is 1. The molecule has 100 valence electrons. The van der Waals surface area contributed by atoms with E-state index in [1.165, 1.54) is 13.0 Å². The molecule has 1 aromatic carbocycles. The Morgan fingerprint density at radius 2 is 2.16 bits per heavy atom. The van der Waals surface area contributed by atoms with E-state index in [4.69, 9.17) is 0 Å². The van der Waals surface area contributed by atoms with Crippen molar-refractivity contribution in [2.45, 2.75) is 13.2 Å². The second kappa shape index (κ2) is 5.08. The first kappa shape index (κ1) is 13.7. The minimum absolute atomic E-state index is 0.0133. The third kappa shape index (κ3) is 2.14. The van der Waals surface area contributed by atoms with Gasteiger partial charge >= 0.3 is 11.9 Å². The maximum atomic E-state index is 14.0. The van der Waals surface area contributed by atoms with Crippen molar-refractivity contribution in [3.8, 4) is 0 Å². The lowest BCUT2D eigenvalue weighted by Crippen LogP contribution is -2.42. The first-order valence-electron chi connectivity index (χ1n) is 5.46. The van der Waals surface area contributed by atoms with Gasteiger partial charge in [-0.15, -0.1) is 0 Å². The summed E-state index contributed by atoms with van der Waals surface area (Å²) in [6, 6.07) is 4.50. The number of ether oxygens (including phenoxy) is 1. The number of carbonyl (C=O) groups is 3. The summed E-state index contributed by atoms with van der Waals surface area (Å²) in [6.45, 7) is 1.51. The van der Waals surface area contributed by atoms with Crippen LogP contribution in [0.5, 0.6) is 0 Å². The van der Waals surface area contributed by atoms with Crippen molar-refractivity contribution in [3.63, 3.8) is 0 Å². The topological polar surface area (TPSA) is 63.7 Å². The van der Waals surface area contributed by atoms with Gasteiger partial charge in [0.25, 0.3) is 12.1 Å². The van der Waals surface area contributed by atoms with Crippen LogP contribution < -0.4 is 4.90 Å². The van der Waals surface area contributed by atoms with Gasteiger partial charge in [-0.2, -0.15) is 0 Å². The molecule has 0 aromatic heterocycles. The van der Waals surface area contributed by atoms with Crippen LogP contribution in [0.2, 0.25) is 0 Å². The van der Waals surface area contributed by atoms with Crippen LogP contribution in [0.3, 0.4) is 0 Å². The summed E-state index contributed by atoms with van der Waals surface area (Å²) in [4.78, 5) is 35.4. The highest BCUT2D eigenvalue weighted by molar-refractivity contribution is 9.10. The third-order valence-electron chi connectivity index (χ3n) is 2.60. The Labute approximate surface area is 116 Å². The van der Waals surface area contributed by atoms with Crippen molar-refractivity contribution in [2.75, 3.05) is 11.5 Å². The predicted octanol–water partition coefficient (Wildman–Crippen LogP) is 1.84. The third-order valence-corrected chi connectivity index (χ3v) is 3.26. The Morgan fingerprint density at radius 3 is 2.79 bits per heavy atom. The minimum atomic E-state index is -2.33. The number of hydrogen-bond acceptors (Lipinski definition) is 4. The summed E-state index contributed by atoms with van der Waals surface area (Å²) in [5.41, 5.74) is 0.115. The standard InChI is InChI=1S/C12H9BrFNO4/c1-2-19-12(18)10(14)15-7-5-3-4-6(13)8(7)9(16)11(15)17/h3-5,10H,2H2,1H3. The number of hydrogen-bond donors (Lipinski definition) is 0. The monoisotopic (exact) mass is 329 g/mol. The molecule has 1 aliphatic heterocycles. The Bertz CT molecular complexity index is 575. The number of rotatable bonds is 3. The molecule has 1 atom stereocenters. The van der Waals surface area contributed by atoms with Crippen LogP contribution in [-0.4, -0.2) is 30.6 Å². The molecular weight excluding hydrogens is 321 g/mol. The number of anilines is 1. The van der Waals surface area contributed by atoms with Crippen LogP contribution >= 0.6 is 15.9 Å². The van der Waals surface area contributed by atoms with Crippen LogP contribution in [0.1, 0.15) is 17.3 Å². The zero-order valence-corrected chi connectivity index (χ0v) is 11.4. The van der Waals surface area contributed by atoms with E-state index in [1.807, 2.05) is 0 Å². The highest BCUT2D eigenvalue weighted by Crippen LogP contribution is 2.35. The molecule has 0 spiro atoms. The maximum Gasteiger partial charge on any atom is 0.362 e. The van der Waals surface area contributed by atoms with E-state index in [0.29, 0.717) is 9.37 Å². The normalized spacial score (nSPS) is 15.4. The molecule has 0 aliphatic carbocycles. The molecule has 0 saturated carbocycles. The number of alkyl halides is 1. The van der Waals surface area contributed by atoms with E-state index in [9.17, 15) is 18.8 Å². The second-order valence-electron chi connectivity index (χ2n) is 3.73. The minimum Gasteiger partial charge on any atom is -0.462 e. The molecule has 2 rings (SSSR count). The molecular formula is C12H9BrFNO4. The molecule has 1 aliphatic rings. The van der Waals surface area contributed by atoms with E-state index < -0.39 is 24.0 Å². The molecule has 1 heterocycles. The molecule has 5 nitrogen and oxygen atoms in total. The molecule has 0 fully saturated rings. The highest BCUT2D eigenvalue weighted by Gasteiger charge is 2.44. The van der Waals surface area contributed by atoms with Gasteiger partial charge in [-0.3, -0.25) is 14.5 Å². The number of nitrogens with zero attached hydrogens (tertiary/aromatic N) is 1. The zero-order chi connectivity index (χ0) is 14.2. The van der Waals surface area contributed by atoms with Crippen LogP contribution in [0.4, 0.5) is 10.1 Å².